The van der Waals surface area contributed by atoms with Crippen molar-refractivity contribution in [1.29, 1.82) is 0 Å². The average molecular weight is 1230 g/mol. The van der Waals surface area contributed by atoms with Gasteiger partial charge in [-0.05, 0) is 194 Å². The number of nitrogens with one attached hydrogen (secondary N) is 1. The van der Waals surface area contributed by atoms with Crippen LogP contribution in [0.4, 0.5) is 22.0 Å². The summed E-state index contributed by atoms with van der Waals surface area (Å²) in [6, 6.07) is 22.9. The van der Waals surface area contributed by atoms with Crippen LogP contribution in [0.2, 0.25) is 0 Å². The van der Waals surface area contributed by atoms with E-state index in [-0.39, 0.29) is 53.6 Å². The lowest BCUT2D eigenvalue weighted by molar-refractivity contribution is 0.0827. The van der Waals surface area contributed by atoms with E-state index in [4.69, 9.17) is 0 Å². The van der Waals surface area contributed by atoms with Gasteiger partial charge in [0, 0.05) is 82.8 Å². The monoisotopic (exact) mass is 1230 g/mol. The Bertz CT molecular complexity index is 4800. The summed E-state index contributed by atoms with van der Waals surface area (Å²) >= 11 is 0. The quantitative estimate of drug-likeness (QED) is 0.142. The maximum atomic E-state index is 15.2. The molecule has 2 saturated carbocycles. The minimum Gasteiger partial charge on any atom is -0.391 e. The van der Waals surface area contributed by atoms with Crippen LogP contribution in [-0.4, -0.2) is 112 Å². The standard InChI is InChI=1S/C25H28F2N6.C24H24FN5.C20H16F2N6/c1-14-7-23(31-33-13-15(2)28-25(14)33)19-10-21(27)20-12-22(29-30-24(20)11-19)18-8-16(3)32(6-5-26)17(4)9-18;1-13-5-22(29-30-12-14(2)26-24(13)30)18-9-20(25)19-11-21(27-28-23(19)10-18)17-7-15-3-4-16(6-15)8-17;1-28-26-19-9-13(7-16(22)20(19)27-28)17-10-14-15(21)6-12(8-18(14)25-24-17)11-2-4-23-5-3-11/h7,10-13,16-18H,5-6,8-9H2,1-4H3;5,9-12,15-17H,3-4,6-8H2,1-2H3;2,4,6-11,23H,3,5H2,1H3/t16-,17+,18?;15-,16?,17?;/m.1./s1. The van der Waals surface area contributed by atoms with Gasteiger partial charge in [0.25, 0.3) is 0 Å². The molecule has 1 saturated heterocycles. The number of aromatic nitrogens is 15. The Morgan fingerprint density at radius 1 is 0.505 bits per heavy atom. The van der Waals surface area contributed by atoms with Gasteiger partial charge in [-0.2, -0.15) is 45.6 Å². The summed E-state index contributed by atoms with van der Waals surface area (Å²) in [7, 11) is 1.62. The number of hydrogen-bond donors (Lipinski definition) is 1. The van der Waals surface area contributed by atoms with Crippen molar-refractivity contribution >= 4 is 55.0 Å². The molecule has 1 N–H and O–H groups in total. The number of fused-ring (bicyclic) bond motifs is 8. The third kappa shape index (κ3) is 11.8. The van der Waals surface area contributed by atoms with Crippen molar-refractivity contribution in [2.24, 2.45) is 18.9 Å². The third-order valence-corrected chi connectivity index (χ3v) is 18.8. The van der Waals surface area contributed by atoms with Crippen LogP contribution in [0, 0.1) is 62.8 Å². The fourth-order valence-electron chi connectivity index (χ4n) is 14.4. The molecule has 4 unspecified atom stereocenters. The van der Waals surface area contributed by atoms with Gasteiger partial charge in [0.2, 0.25) is 0 Å². The Kier molecular flexibility index (Phi) is 15.7. The van der Waals surface area contributed by atoms with Crippen LogP contribution in [0.15, 0.2) is 104 Å². The molecular weight excluding hydrogens is 1160 g/mol. The summed E-state index contributed by atoms with van der Waals surface area (Å²) < 4.78 is 76.0. The van der Waals surface area contributed by atoms with Gasteiger partial charge in [0.1, 0.15) is 35.2 Å². The number of halogens is 5. The summed E-state index contributed by atoms with van der Waals surface area (Å²) in [5, 5.41) is 48.1. The Labute approximate surface area is 521 Å². The number of benzene rings is 4. The zero-order chi connectivity index (χ0) is 62.9. The van der Waals surface area contributed by atoms with Crippen LogP contribution in [-0.2, 0) is 7.05 Å². The summed E-state index contributed by atoms with van der Waals surface area (Å²) in [5.74, 6) is 0.905. The molecule has 2 aliphatic carbocycles. The molecule has 2 bridgehead atoms. The molecule has 8 aromatic heterocycles. The first kappa shape index (κ1) is 59.3. The second kappa shape index (κ2) is 24.1. The van der Waals surface area contributed by atoms with Crippen LogP contribution in [0.5, 0.6) is 0 Å². The van der Waals surface area contributed by atoms with E-state index in [0.29, 0.717) is 84.5 Å². The zero-order valence-electron chi connectivity index (χ0n) is 51.7. The Morgan fingerprint density at radius 3 is 1.59 bits per heavy atom. The molecule has 12 aromatic rings. The second-order valence-corrected chi connectivity index (χ2v) is 25.4. The van der Waals surface area contributed by atoms with E-state index in [1.807, 2.05) is 94.8 Å². The van der Waals surface area contributed by atoms with Gasteiger partial charge in [-0.3, -0.25) is 4.90 Å². The van der Waals surface area contributed by atoms with Crippen molar-refractivity contribution in [3.8, 4) is 33.8 Å². The maximum Gasteiger partial charge on any atom is 0.156 e. The van der Waals surface area contributed by atoms with Gasteiger partial charge in [-0.25, -0.2) is 41.0 Å². The largest absolute Gasteiger partial charge is 0.391 e. The predicted octanol–water partition coefficient (Wildman–Crippen LogP) is 13.9. The molecular formula is C69H68F5N17. The summed E-state index contributed by atoms with van der Waals surface area (Å²) in [6.07, 6.45) is 16.6. The van der Waals surface area contributed by atoms with Gasteiger partial charge in [0.05, 0.1) is 68.8 Å². The Hall–Kier alpha value is -9.31. The Balaban J connectivity index is 0.000000119. The number of aryl methyl sites for hydroxylation is 5. The molecule has 0 amide bonds. The van der Waals surface area contributed by atoms with Crippen molar-refractivity contribution in [1.82, 2.24) is 85.0 Å². The number of piperidine rings is 1. The highest BCUT2D eigenvalue weighted by molar-refractivity contribution is 5.87. The van der Waals surface area contributed by atoms with Crippen LogP contribution >= 0.6 is 0 Å². The maximum absolute atomic E-state index is 15.2. The van der Waals surface area contributed by atoms with E-state index in [1.54, 1.807) is 40.3 Å². The van der Waals surface area contributed by atoms with Gasteiger partial charge >= 0.3 is 0 Å². The topological polar surface area (TPSA) is 184 Å². The first-order chi connectivity index (χ1) is 43.9. The van der Waals surface area contributed by atoms with Crippen LogP contribution in [0.1, 0.15) is 122 Å². The van der Waals surface area contributed by atoms with Gasteiger partial charge < -0.3 is 5.32 Å². The predicted molar refractivity (Wildman–Crippen MR) is 340 cm³/mol. The SMILES string of the molecule is Cc1cn2nc(-c3cc(F)c4cc(C5CC6CC[C@H](C6)C5)nnc4c3)cc(C)c2n1.Cc1cn2nc(-c3cc(F)c4cc(C5C[C@@H](C)N(CCF)[C@@H](C)C5)nnc4c3)cc(C)c2n1.Cn1nc2cc(-c3cc4c(F)cc(C5C=CNCC5)cc4nn3)cc(F)c2n1. The number of hydrogen-bond acceptors (Lipinski definition) is 14. The molecule has 0 spiro atoms. The lowest BCUT2D eigenvalue weighted by Crippen LogP contribution is -2.47. The zero-order valence-corrected chi connectivity index (χ0v) is 51.7. The molecule has 17 nitrogen and oxygen atoms in total. The fourth-order valence-corrected chi connectivity index (χ4v) is 14.4. The van der Waals surface area contributed by atoms with Crippen LogP contribution in [0.25, 0.3) is 88.8 Å². The van der Waals surface area contributed by atoms with E-state index in [9.17, 15) is 13.2 Å². The molecule has 2 aliphatic heterocycles. The first-order valence-corrected chi connectivity index (χ1v) is 31.3. The summed E-state index contributed by atoms with van der Waals surface area (Å²) in [5.41, 5.74) is 13.7. The molecule has 91 heavy (non-hydrogen) atoms. The second-order valence-electron chi connectivity index (χ2n) is 25.4. The van der Waals surface area contributed by atoms with E-state index in [2.05, 4.69) is 85.0 Å². The highest BCUT2D eigenvalue weighted by atomic mass is 19.1. The molecule has 3 fully saturated rings. The van der Waals surface area contributed by atoms with Crippen molar-refractivity contribution in [2.75, 3.05) is 19.8 Å². The van der Waals surface area contributed by atoms with Crippen molar-refractivity contribution in [3.05, 3.63) is 166 Å². The molecule has 464 valence electrons. The molecule has 0 radical (unpaired) electrons. The minimum absolute atomic E-state index is 0.148. The molecule has 22 heteroatoms. The molecule has 4 aromatic carbocycles. The molecule has 7 atom stereocenters. The number of nitrogens with zero attached hydrogens (tertiary/aromatic N) is 16. The number of alkyl halides is 1. The lowest BCUT2D eigenvalue weighted by atomic mass is 9.79. The number of rotatable bonds is 8. The van der Waals surface area contributed by atoms with Gasteiger partial charge in [-0.15, -0.1) is 10.2 Å². The Morgan fingerprint density at radius 2 is 1.02 bits per heavy atom. The molecule has 10 heterocycles. The van der Waals surface area contributed by atoms with E-state index in [1.165, 1.54) is 49.0 Å². The third-order valence-electron chi connectivity index (χ3n) is 18.8. The molecule has 16 rings (SSSR count). The smallest absolute Gasteiger partial charge is 0.156 e. The van der Waals surface area contributed by atoms with Crippen LogP contribution in [0.3, 0.4) is 0 Å². The molecule has 4 aliphatic rings. The van der Waals surface area contributed by atoms with Crippen LogP contribution < -0.4 is 5.32 Å². The summed E-state index contributed by atoms with van der Waals surface area (Å²) in [4.78, 5) is 12.5. The normalized spacial score (nSPS) is 20.8. The van der Waals surface area contributed by atoms with E-state index in [0.717, 1.165) is 88.4 Å². The van der Waals surface area contributed by atoms with Gasteiger partial charge in [-0.1, -0.05) is 18.9 Å². The highest BCUT2D eigenvalue weighted by Crippen LogP contribution is 2.48. The number of imidazole rings is 2. The number of likely N-dealkylation sites (tertiary alicyclic amines) is 1. The summed E-state index contributed by atoms with van der Waals surface area (Å²) in [6.45, 7) is 13.0. The van der Waals surface area contributed by atoms with Crippen molar-refractivity contribution in [2.45, 2.75) is 123 Å². The van der Waals surface area contributed by atoms with E-state index < -0.39 is 5.82 Å². The first-order valence-electron chi connectivity index (χ1n) is 31.3. The van der Waals surface area contributed by atoms with Gasteiger partial charge in [0.15, 0.2) is 17.1 Å². The van der Waals surface area contributed by atoms with Crippen molar-refractivity contribution in [3.63, 3.8) is 0 Å². The van der Waals surface area contributed by atoms with E-state index >= 15 is 8.78 Å². The minimum atomic E-state index is -0.504. The fraction of sp³-hybridized carbons (Fsp3) is 0.362. The number of allylic oxidation sites excluding steroid dienone is 1. The van der Waals surface area contributed by atoms with Crippen molar-refractivity contribution < 1.29 is 22.0 Å². The lowest BCUT2D eigenvalue weighted by Gasteiger charge is -2.42. The average Bonchev–Trinajstić information content (AvgIpc) is 2.08. The highest BCUT2D eigenvalue weighted by Gasteiger charge is 2.36.